The zero-order valence-electron chi connectivity index (χ0n) is 9.04. The topological polar surface area (TPSA) is 55.2 Å². The van der Waals surface area contributed by atoms with Gasteiger partial charge in [-0.3, -0.25) is 10.1 Å². The maximum Gasteiger partial charge on any atom is 0.293 e. The van der Waals surface area contributed by atoms with E-state index in [-0.39, 0.29) is 21.9 Å². The number of hydrogen-bond acceptors (Lipinski definition) is 3. The predicted octanol–water partition coefficient (Wildman–Crippen LogP) is 3.32. The standard InChI is InChI=1S/C11H10BrFN2O2/c1-3-7(4-2)14-10-6-9(13)8(12)5-11(10)15(16)17/h1,5-7,14H,4H2,2H3. The van der Waals surface area contributed by atoms with Crippen LogP contribution in [-0.2, 0) is 0 Å². The SMILES string of the molecule is C#CC(CC)Nc1cc(F)c(Br)cc1[N+](=O)[O-]. The lowest BCUT2D eigenvalue weighted by Crippen LogP contribution is -2.16. The van der Waals surface area contributed by atoms with Gasteiger partial charge in [0.15, 0.2) is 0 Å². The van der Waals surface area contributed by atoms with Gasteiger partial charge in [0.2, 0.25) is 0 Å². The zero-order valence-corrected chi connectivity index (χ0v) is 10.6. The van der Waals surface area contributed by atoms with Crippen LogP contribution in [0.5, 0.6) is 0 Å². The van der Waals surface area contributed by atoms with Crippen LogP contribution in [-0.4, -0.2) is 11.0 Å². The Bertz CT molecular complexity index is 485. The highest BCUT2D eigenvalue weighted by Gasteiger charge is 2.18. The van der Waals surface area contributed by atoms with E-state index in [0.717, 1.165) is 12.1 Å². The van der Waals surface area contributed by atoms with E-state index in [1.807, 2.05) is 6.92 Å². The fourth-order valence-corrected chi connectivity index (χ4v) is 1.58. The number of benzene rings is 1. The fraction of sp³-hybridized carbons (Fsp3) is 0.273. The molecule has 0 saturated heterocycles. The first-order chi connectivity index (χ1) is 7.99. The van der Waals surface area contributed by atoms with Crippen molar-refractivity contribution in [3.63, 3.8) is 0 Å². The van der Waals surface area contributed by atoms with E-state index >= 15 is 0 Å². The first-order valence-electron chi connectivity index (χ1n) is 4.85. The molecule has 17 heavy (non-hydrogen) atoms. The van der Waals surface area contributed by atoms with Crippen molar-refractivity contribution >= 4 is 27.3 Å². The van der Waals surface area contributed by atoms with E-state index in [2.05, 4.69) is 27.2 Å². The number of nitrogens with one attached hydrogen (secondary N) is 1. The van der Waals surface area contributed by atoms with Crippen molar-refractivity contribution in [1.29, 1.82) is 0 Å². The maximum atomic E-state index is 13.3. The van der Waals surface area contributed by atoms with Crippen LogP contribution < -0.4 is 5.32 Å². The summed E-state index contributed by atoms with van der Waals surface area (Å²) in [5.74, 6) is 1.85. The number of rotatable bonds is 4. The molecule has 1 aromatic carbocycles. The Kier molecular flexibility index (Phi) is 4.46. The van der Waals surface area contributed by atoms with Gasteiger partial charge in [-0.1, -0.05) is 12.8 Å². The largest absolute Gasteiger partial charge is 0.366 e. The Hall–Kier alpha value is -1.61. The van der Waals surface area contributed by atoms with Crippen LogP contribution in [0.3, 0.4) is 0 Å². The molecule has 0 aliphatic carbocycles. The van der Waals surface area contributed by atoms with Gasteiger partial charge in [0.05, 0.1) is 15.4 Å². The van der Waals surface area contributed by atoms with Crippen molar-refractivity contribution in [2.45, 2.75) is 19.4 Å². The highest BCUT2D eigenvalue weighted by atomic mass is 79.9. The Morgan fingerprint density at radius 2 is 2.35 bits per heavy atom. The van der Waals surface area contributed by atoms with E-state index in [1.165, 1.54) is 0 Å². The van der Waals surface area contributed by atoms with Crippen molar-refractivity contribution in [2.24, 2.45) is 0 Å². The molecule has 4 nitrogen and oxygen atoms in total. The third-order valence-electron chi connectivity index (χ3n) is 2.17. The molecule has 1 N–H and O–H groups in total. The van der Waals surface area contributed by atoms with Crippen LogP contribution in [0.1, 0.15) is 13.3 Å². The number of terminal acetylenes is 1. The molecule has 0 spiro atoms. The van der Waals surface area contributed by atoms with Crippen LogP contribution >= 0.6 is 15.9 Å². The summed E-state index contributed by atoms with van der Waals surface area (Å²) >= 11 is 2.90. The molecule has 1 unspecified atom stereocenters. The van der Waals surface area contributed by atoms with Crippen LogP contribution in [0.2, 0.25) is 0 Å². The molecular weight excluding hydrogens is 291 g/mol. The van der Waals surface area contributed by atoms with Gasteiger partial charge in [-0.15, -0.1) is 6.42 Å². The smallest absolute Gasteiger partial charge is 0.293 e. The van der Waals surface area contributed by atoms with Gasteiger partial charge in [-0.2, -0.15) is 0 Å². The monoisotopic (exact) mass is 300 g/mol. The Morgan fingerprint density at radius 3 is 2.82 bits per heavy atom. The Labute approximate surface area is 106 Å². The van der Waals surface area contributed by atoms with Crippen molar-refractivity contribution in [1.82, 2.24) is 0 Å². The second kappa shape index (κ2) is 5.64. The molecule has 1 rings (SSSR count). The molecule has 0 amide bonds. The minimum absolute atomic E-state index is 0.0449. The highest BCUT2D eigenvalue weighted by Crippen LogP contribution is 2.31. The summed E-state index contributed by atoms with van der Waals surface area (Å²) in [6, 6.07) is 1.80. The quantitative estimate of drug-likeness (QED) is 0.527. The summed E-state index contributed by atoms with van der Waals surface area (Å²) in [7, 11) is 0. The first kappa shape index (κ1) is 13.5. The third kappa shape index (κ3) is 3.17. The van der Waals surface area contributed by atoms with Crippen LogP contribution in [0.4, 0.5) is 15.8 Å². The summed E-state index contributed by atoms with van der Waals surface area (Å²) in [5.41, 5.74) is -0.132. The van der Waals surface area contributed by atoms with Crippen LogP contribution in [0.15, 0.2) is 16.6 Å². The predicted molar refractivity (Wildman–Crippen MR) is 67.3 cm³/mol. The van der Waals surface area contributed by atoms with Crippen LogP contribution in [0.25, 0.3) is 0 Å². The fourth-order valence-electron chi connectivity index (χ4n) is 1.25. The van der Waals surface area contributed by atoms with Gasteiger partial charge in [0.25, 0.3) is 5.69 Å². The molecule has 0 saturated carbocycles. The average Bonchev–Trinajstić information content (AvgIpc) is 2.29. The van der Waals surface area contributed by atoms with Gasteiger partial charge in [-0.25, -0.2) is 4.39 Å². The van der Waals surface area contributed by atoms with Crippen molar-refractivity contribution in [3.05, 3.63) is 32.5 Å². The molecule has 1 atom stereocenters. The molecule has 6 heteroatoms. The molecule has 0 radical (unpaired) electrons. The molecule has 1 aromatic rings. The van der Waals surface area contributed by atoms with E-state index in [9.17, 15) is 14.5 Å². The van der Waals surface area contributed by atoms with E-state index in [4.69, 9.17) is 6.42 Å². The molecule has 0 aliphatic rings. The lowest BCUT2D eigenvalue weighted by molar-refractivity contribution is -0.384. The number of nitro groups is 1. The maximum absolute atomic E-state index is 13.3. The van der Waals surface area contributed by atoms with Crippen molar-refractivity contribution in [3.8, 4) is 12.3 Å². The van der Waals surface area contributed by atoms with Crippen LogP contribution in [0, 0.1) is 28.3 Å². The highest BCUT2D eigenvalue weighted by molar-refractivity contribution is 9.10. The minimum Gasteiger partial charge on any atom is -0.366 e. The van der Waals surface area contributed by atoms with Gasteiger partial charge >= 0.3 is 0 Å². The molecule has 0 fully saturated rings. The van der Waals surface area contributed by atoms with E-state index in [0.29, 0.717) is 6.42 Å². The second-order valence-corrected chi connectivity index (χ2v) is 4.17. The normalized spacial score (nSPS) is 11.6. The number of hydrogen-bond donors (Lipinski definition) is 1. The first-order valence-corrected chi connectivity index (χ1v) is 5.65. The van der Waals surface area contributed by atoms with E-state index < -0.39 is 10.7 Å². The third-order valence-corrected chi connectivity index (χ3v) is 2.78. The number of nitrogens with zero attached hydrogens (tertiary/aromatic N) is 1. The molecule has 0 heterocycles. The summed E-state index contributed by atoms with van der Waals surface area (Å²) in [4.78, 5) is 10.2. The number of halogens is 2. The Balaban J connectivity index is 3.18. The lowest BCUT2D eigenvalue weighted by atomic mass is 10.2. The van der Waals surface area contributed by atoms with Gasteiger partial charge in [0.1, 0.15) is 11.5 Å². The Morgan fingerprint density at radius 1 is 1.71 bits per heavy atom. The molecular formula is C11H10BrFN2O2. The summed E-state index contributed by atoms with van der Waals surface area (Å²) in [5, 5.41) is 13.6. The molecule has 0 bridgehead atoms. The van der Waals surface area contributed by atoms with E-state index in [1.54, 1.807) is 0 Å². The number of anilines is 1. The second-order valence-electron chi connectivity index (χ2n) is 3.31. The average molecular weight is 301 g/mol. The summed E-state index contributed by atoms with van der Waals surface area (Å²) in [6.45, 7) is 1.83. The van der Waals surface area contributed by atoms with Gasteiger partial charge < -0.3 is 5.32 Å². The van der Waals surface area contributed by atoms with Gasteiger partial charge in [-0.05, 0) is 22.4 Å². The van der Waals surface area contributed by atoms with Gasteiger partial charge in [0, 0.05) is 12.1 Å². The summed E-state index contributed by atoms with van der Waals surface area (Å²) < 4.78 is 13.4. The molecule has 0 aromatic heterocycles. The van der Waals surface area contributed by atoms with Crippen molar-refractivity contribution < 1.29 is 9.31 Å². The zero-order chi connectivity index (χ0) is 13.0. The minimum atomic E-state index is -0.588. The number of nitro benzene ring substituents is 1. The lowest BCUT2D eigenvalue weighted by Gasteiger charge is -2.12. The molecule has 0 aliphatic heterocycles. The molecule has 90 valence electrons. The van der Waals surface area contributed by atoms with Crippen molar-refractivity contribution in [2.75, 3.05) is 5.32 Å². The summed E-state index contributed by atoms with van der Waals surface area (Å²) in [6.07, 6.45) is 5.83.